The topological polar surface area (TPSA) is 66.9 Å². The summed E-state index contributed by atoms with van der Waals surface area (Å²) in [5.41, 5.74) is 7.91. The average molecular weight is 363 g/mol. The molecule has 0 bridgehead atoms. The first kappa shape index (κ1) is 20.8. The first-order valence-electron chi connectivity index (χ1n) is 8.14. The molecule has 0 saturated heterocycles. The molecule has 0 aromatic carbocycles. The summed E-state index contributed by atoms with van der Waals surface area (Å²) in [6.45, 7) is 5.34. The van der Waals surface area contributed by atoms with Crippen LogP contribution in [-0.2, 0) is 4.79 Å². The zero-order chi connectivity index (χ0) is 18.8. The molecule has 0 aromatic heterocycles. The SMILES string of the molecule is C=C/C=C\C(C(=O)CC)=C(/CCl)C(=N)/C=C(\N)C1=CCCC(F)C=C1. The summed E-state index contributed by atoms with van der Waals surface area (Å²) in [4.78, 5) is 12.2. The molecular formula is C20H24ClFN2O. The van der Waals surface area contributed by atoms with Gasteiger partial charge in [-0.05, 0) is 24.5 Å². The summed E-state index contributed by atoms with van der Waals surface area (Å²) in [5, 5.41) is 8.29. The third-order valence-electron chi connectivity index (χ3n) is 3.73. The second-order valence-corrected chi connectivity index (χ2v) is 5.79. The second-order valence-electron chi connectivity index (χ2n) is 5.52. The highest BCUT2D eigenvalue weighted by Crippen LogP contribution is 2.19. The lowest BCUT2D eigenvalue weighted by Gasteiger charge is -2.10. The molecule has 0 radical (unpaired) electrons. The molecule has 1 rings (SSSR count). The number of nitrogens with one attached hydrogen (secondary N) is 1. The predicted octanol–water partition coefficient (Wildman–Crippen LogP) is 4.72. The normalized spacial score (nSPS) is 19.2. The maximum Gasteiger partial charge on any atom is 0.162 e. The maximum atomic E-state index is 13.4. The van der Waals surface area contributed by atoms with Crippen LogP contribution in [0.25, 0.3) is 0 Å². The molecule has 3 N–H and O–H groups in total. The molecule has 5 heteroatoms. The Morgan fingerprint density at radius 2 is 2.28 bits per heavy atom. The summed E-state index contributed by atoms with van der Waals surface area (Å²) in [7, 11) is 0. The number of Topliss-reactive ketones (excluding diaryl/α,β-unsaturated/α-hetero) is 1. The van der Waals surface area contributed by atoms with Crippen molar-refractivity contribution in [3.8, 4) is 0 Å². The van der Waals surface area contributed by atoms with E-state index in [4.69, 9.17) is 22.7 Å². The maximum absolute atomic E-state index is 13.4. The first-order chi connectivity index (χ1) is 11.9. The van der Waals surface area contributed by atoms with Gasteiger partial charge in [-0.3, -0.25) is 4.79 Å². The van der Waals surface area contributed by atoms with Crippen LogP contribution in [0.2, 0.25) is 0 Å². The molecule has 134 valence electrons. The van der Waals surface area contributed by atoms with Gasteiger partial charge in [0.2, 0.25) is 0 Å². The van der Waals surface area contributed by atoms with Gasteiger partial charge in [0.1, 0.15) is 6.17 Å². The Bertz CT molecular complexity index is 684. The van der Waals surface area contributed by atoms with Crippen molar-refractivity contribution in [1.82, 2.24) is 0 Å². The molecule has 1 unspecified atom stereocenters. The smallest absolute Gasteiger partial charge is 0.162 e. The molecule has 1 aliphatic rings. The number of hydrogen-bond acceptors (Lipinski definition) is 3. The standard InChI is InChI=1S/C20H24ClFN2O/c1-3-5-9-16(20(25)4-2)17(13-21)19(24)12-18(23)14-7-6-8-15(22)11-10-14/h3,5,7,9-12,15,24H,1,4,6,8,13,23H2,2H3/b9-5-,17-16-,18-12-,24-19?. The lowest BCUT2D eigenvalue weighted by molar-refractivity contribution is -0.115. The Hall–Kier alpha value is -2.20. The summed E-state index contributed by atoms with van der Waals surface area (Å²) >= 11 is 5.99. The van der Waals surface area contributed by atoms with Crippen LogP contribution in [0.3, 0.4) is 0 Å². The number of carbonyl (C=O) groups excluding carboxylic acids is 1. The summed E-state index contributed by atoms with van der Waals surface area (Å²) in [6, 6.07) is 0. The van der Waals surface area contributed by atoms with E-state index in [1.165, 1.54) is 12.2 Å². The van der Waals surface area contributed by atoms with Gasteiger partial charge in [-0.1, -0.05) is 50.0 Å². The average Bonchev–Trinajstić information content (AvgIpc) is 2.82. The lowest BCUT2D eigenvalue weighted by Crippen LogP contribution is -2.12. The van der Waals surface area contributed by atoms with Crippen LogP contribution in [-0.4, -0.2) is 23.5 Å². The van der Waals surface area contributed by atoms with Gasteiger partial charge in [0.05, 0.1) is 11.6 Å². The minimum atomic E-state index is -0.989. The molecule has 0 amide bonds. The van der Waals surface area contributed by atoms with E-state index in [1.807, 2.05) is 6.08 Å². The van der Waals surface area contributed by atoms with Crippen LogP contribution in [0.4, 0.5) is 4.39 Å². The minimum Gasteiger partial charge on any atom is -0.398 e. The molecule has 0 aromatic rings. The van der Waals surface area contributed by atoms with Gasteiger partial charge in [-0.2, -0.15) is 0 Å². The fraction of sp³-hybridized carbons (Fsp3) is 0.300. The number of hydrogen-bond donors (Lipinski definition) is 2. The minimum absolute atomic E-state index is 0.00656. The van der Waals surface area contributed by atoms with Crippen LogP contribution < -0.4 is 5.73 Å². The lowest BCUT2D eigenvalue weighted by atomic mass is 9.97. The third kappa shape index (κ3) is 6.31. The van der Waals surface area contributed by atoms with Crippen LogP contribution in [0.15, 0.2) is 71.5 Å². The van der Waals surface area contributed by atoms with Crippen molar-refractivity contribution in [3.63, 3.8) is 0 Å². The number of ketones is 1. The Labute approximate surface area is 153 Å². The van der Waals surface area contributed by atoms with Gasteiger partial charge < -0.3 is 11.1 Å². The van der Waals surface area contributed by atoms with Crippen molar-refractivity contribution in [3.05, 3.63) is 71.5 Å². The fourth-order valence-electron chi connectivity index (χ4n) is 2.32. The zero-order valence-corrected chi connectivity index (χ0v) is 15.2. The van der Waals surface area contributed by atoms with E-state index in [-0.39, 0.29) is 17.4 Å². The molecule has 1 atom stereocenters. The molecule has 25 heavy (non-hydrogen) atoms. The van der Waals surface area contributed by atoms with E-state index in [2.05, 4.69) is 6.58 Å². The van der Waals surface area contributed by atoms with Crippen molar-refractivity contribution in [1.29, 1.82) is 5.41 Å². The van der Waals surface area contributed by atoms with Gasteiger partial charge in [0.25, 0.3) is 0 Å². The summed E-state index contributed by atoms with van der Waals surface area (Å²) < 4.78 is 13.4. The second kappa shape index (κ2) is 10.6. The molecule has 0 heterocycles. The van der Waals surface area contributed by atoms with Gasteiger partial charge >= 0.3 is 0 Å². The van der Waals surface area contributed by atoms with Crippen molar-refractivity contribution in [2.75, 3.05) is 5.88 Å². The Kier molecular flexibility index (Phi) is 8.86. The fourth-order valence-corrected chi connectivity index (χ4v) is 2.60. The number of rotatable bonds is 8. The number of halogens is 2. The predicted molar refractivity (Wildman–Crippen MR) is 104 cm³/mol. The Morgan fingerprint density at radius 1 is 1.56 bits per heavy atom. The third-order valence-corrected chi connectivity index (χ3v) is 4.00. The summed E-state index contributed by atoms with van der Waals surface area (Å²) in [6.07, 6.45) is 11.5. The van der Waals surface area contributed by atoms with E-state index < -0.39 is 6.17 Å². The molecule has 0 spiro atoms. The van der Waals surface area contributed by atoms with E-state index in [0.717, 1.165) is 0 Å². The highest BCUT2D eigenvalue weighted by atomic mass is 35.5. The van der Waals surface area contributed by atoms with Crippen molar-refractivity contribution in [2.45, 2.75) is 32.4 Å². The number of carbonyl (C=O) groups is 1. The van der Waals surface area contributed by atoms with E-state index in [9.17, 15) is 9.18 Å². The molecule has 1 aliphatic carbocycles. The van der Waals surface area contributed by atoms with Gasteiger partial charge in [0.15, 0.2) is 5.78 Å². The summed E-state index contributed by atoms with van der Waals surface area (Å²) in [5.74, 6) is -0.105. The zero-order valence-electron chi connectivity index (χ0n) is 14.4. The molecule has 0 aliphatic heterocycles. The van der Waals surface area contributed by atoms with Crippen molar-refractivity contribution in [2.24, 2.45) is 5.73 Å². The van der Waals surface area contributed by atoms with Gasteiger partial charge in [-0.15, -0.1) is 11.6 Å². The van der Waals surface area contributed by atoms with Crippen LogP contribution in [0.5, 0.6) is 0 Å². The van der Waals surface area contributed by atoms with Crippen LogP contribution in [0, 0.1) is 5.41 Å². The van der Waals surface area contributed by atoms with E-state index >= 15 is 0 Å². The Balaban J connectivity index is 3.23. The van der Waals surface area contributed by atoms with E-state index in [1.54, 1.807) is 31.2 Å². The molecule has 0 saturated carbocycles. The molecule has 0 fully saturated rings. The highest BCUT2D eigenvalue weighted by molar-refractivity contribution is 6.26. The quantitative estimate of drug-likeness (QED) is 0.284. The van der Waals surface area contributed by atoms with Crippen LogP contribution >= 0.6 is 11.6 Å². The first-order valence-corrected chi connectivity index (χ1v) is 8.68. The van der Waals surface area contributed by atoms with Gasteiger partial charge in [0, 0.05) is 23.3 Å². The Morgan fingerprint density at radius 3 is 2.88 bits per heavy atom. The monoisotopic (exact) mass is 362 g/mol. The number of alkyl halides is 2. The van der Waals surface area contributed by atoms with Gasteiger partial charge in [-0.25, -0.2) is 4.39 Å². The molecule has 3 nitrogen and oxygen atoms in total. The van der Waals surface area contributed by atoms with Crippen molar-refractivity contribution >= 4 is 23.1 Å². The number of nitrogens with two attached hydrogens (primary N) is 1. The molecular weight excluding hydrogens is 339 g/mol. The van der Waals surface area contributed by atoms with Crippen molar-refractivity contribution < 1.29 is 9.18 Å². The largest absolute Gasteiger partial charge is 0.398 e. The number of allylic oxidation sites excluding steroid dienone is 9. The van der Waals surface area contributed by atoms with Crippen LogP contribution in [0.1, 0.15) is 26.2 Å². The van der Waals surface area contributed by atoms with E-state index in [0.29, 0.717) is 41.7 Å². The highest BCUT2D eigenvalue weighted by Gasteiger charge is 2.15.